The van der Waals surface area contributed by atoms with Crippen molar-refractivity contribution in [3.05, 3.63) is 0 Å². The van der Waals surface area contributed by atoms with E-state index in [9.17, 15) is 19.4 Å². The van der Waals surface area contributed by atoms with E-state index in [0.717, 1.165) is 38.5 Å². The minimum atomic E-state index is -4.29. The highest BCUT2D eigenvalue weighted by Crippen LogP contribution is 2.43. The average molecular weight is 664 g/mol. The molecule has 0 radical (unpaired) electrons. The number of amides is 1. The molecule has 0 aromatic carbocycles. The zero-order chi connectivity index (χ0) is 33.7. The molecular weight excluding hydrogens is 587 g/mol. The first-order valence-corrected chi connectivity index (χ1v) is 20.4. The maximum Gasteiger partial charge on any atom is 0.472 e. The maximum absolute atomic E-state index is 12.7. The summed E-state index contributed by atoms with van der Waals surface area (Å²) in [5, 5.41) is 13.8. The molecule has 0 heterocycles. The third-order valence-electron chi connectivity index (χ3n) is 8.61. The SMILES string of the molecule is CCCCCCCCCCCCCCCC[C@@H](O)[C@H](COP(=O)(O)OCC[N+](C)(C)C)NC(=O)CCCCCCCCCCC. The molecule has 9 heteroatoms. The number of unbranched alkanes of at least 4 members (excludes halogenated alkanes) is 21. The van der Waals surface area contributed by atoms with Crippen LogP contribution in [0.25, 0.3) is 0 Å². The highest BCUT2D eigenvalue weighted by atomic mass is 31.2. The van der Waals surface area contributed by atoms with Gasteiger partial charge in [0.25, 0.3) is 0 Å². The van der Waals surface area contributed by atoms with Crippen molar-refractivity contribution < 1.29 is 32.9 Å². The highest BCUT2D eigenvalue weighted by molar-refractivity contribution is 7.47. The summed E-state index contributed by atoms with van der Waals surface area (Å²) in [4.78, 5) is 22.9. The van der Waals surface area contributed by atoms with Gasteiger partial charge in [-0.25, -0.2) is 4.57 Å². The Kier molecular flexibility index (Phi) is 29.3. The van der Waals surface area contributed by atoms with Crippen LogP contribution in [0.4, 0.5) is 0 Å². The molecule has 45 heavy (non-hydrogen) atoms. The zero-order valence-corrected chi connectivity index (χ0v) is 31.3. The van der Waals surface area contributed by atoms with Crippen molar-refractivity contribution in [2.45, 2.75) is 187 Å². The predicted octanol–water partition coefficient (Wildman–Crippen LogP) is 9.46. The summed E-state index contributed by atoms with van der Waals surface area (Å²) in [7, 11) is 1.62. The summed E-state index contributed by atoms with van der Waals surface area (Å²) in [5.41, 5.74) is 0. The van der Waals surface area contributed by atoms with Gasteiger partial charge in [-0.15, -0.1) is 0 Å². The molecule has 270 valence electrons. The van der Waals surface area contributed by atoms with Gasteiger partial charge in [-0.3, -0.25) is 13.8 Å². The first-order chi connectivity index (χ1) is 21.5. The van der Waals surface area contributed by atoms with Crippen LogP contribution in [0.15, 0.2) is 0 Å². The lowest BCUT2D eigenvalue weighted by Crippen LogP contribution is -2.46. The smallest absolute Gasteiger partial charge is 0.391 e. The monoisotopic (exact) mass is 664 g/mol. The molecule has 8 nitrogen and oxygen atoms in total. The minimum absolute atomic E-state index is 0.0779. The number of aliphatic hydroxyl groups is 1. The van der Waals surface area contributed by atoms with Gasteiger partial charge in [0.1, 0.15) is 13.2 Å². The normalized spacial score (nSPS) is 14.7. The van der Waals surface area contributed by atoms with Crippen molar-refractivity contribution >= 4 is 13.7 Å². The molecule has 0 fully saturated rings. The number of nitrogens with zero attached hydrogens (tertiary/aromatic N) is 1. The quantitative estimate of drug-likeness (QED) is 0.0360. The summed E-state index contributed by atoms with van der Waals surface area (Å²) in [6, 6.07) is -0.750. The van der Waals surface area contributed by atoms with Gasteiger partial charge in [-0.05, 0) is 12.8 Å². The molecule has 0 aliphatic rings. The van der Waals surface area contributed by atoms with Gasteiger partial charge in [0.05, 0.1) is 39.9 Å². The van der Waals surface area contributed by atoms with E-state index in [-0.39, 0.29) is 19.1 Å². The Balaban J connectivity index is 4.44. The van der Waals surface area contributed by atoms with Crippen LogP contribution in [0.1, 0.15) is 174 Å². The van der Waals surface area contributed by atoms with Crippen molar-refractivity contribution in [2.75, 3.05) is 40.9 Å². The molecule has 0 aromatic heterocycles. The number of aliphatic hydroxyl groups excluding tert-OH is 1. The minimum Gasteiger partial charge on any atom is -0.391 e. The average Bonchev–Trinajstić information content (AvgIpc) is 2.97. The van der Waals surface area contributed by atoms with Gasteiger partial charge in [-0.2, -0.15) is 0 Å². The number of nitrogens with one attached hydrogen (secondary N) is 1. The van der Waals surface area contributed by atoms with E-state index in [4.69, 9.17) is 9.05 Å². The first-order valence-electron chi connectivity index (χ1n) is 18.9. The number of hydrogen-bond acceptors (Lipinski definition) is 5. The van der Waals surface area contributed by atoms with Gasteiger partial charge >= 0.3 is 7.82 Å². The second kappa shape index (κ2) is 29.6. The fourth-order valence-corrected chi connectivity index (χ4v) is 6.25. The number of phosphoric acid groups is 1. The molecule has 3 atom stereocenters. The summed E-state index contributed by atoms with van der Waals surface area (Å²) in [5.74, 6) is -0.148. The lowest BCUT2D eigenvalue weighted by atomic mass is 10.0. The molecule has 0 rings (SSSR count). The van der Waals surface area contributed by atoms with Crippen LogP contribution in [0, 0.1) is 0 Å². The Morgan fingerprint density at radius 1 is 0.667 bits per heavy atom. The third kappa shape index (κ3) is 31.8. The molecule has 0 aliphatic carbocycles. The van der Waals surface area contributed by atoms with Crippen LogP contribution in [-0.2, 0) is 18.4 Å². The molecule has 0 bridgehead atoms. The second-order valence-corrected chi connectivity index (χ2v) is 15.8. The number of quaternary nitrogens is 1. The fourth-order valence-electron chi connectivity index (χ4n) is 5.52. The van der Waals surface area contributed by atoms with Crippen molar-refractivity contribution in [1.29, 1.82) is 0 Å². The van der Waals surface area contributed by atoms with Crippen molar-refractivity contribution in [3.8, 4) is 0 Å². The Bertz CT molecular complexity index is 718. The second-order valence-electron chi connectivity index (χ2n) is 14.3. The highest BCUT2D eigenvalue weighted by Gasteiger charge is 2.28. The van der Waals surface area contributed by atoms with E-state index in [1.165, 1.54) is 109 Å². The standard InChI is InChI=1S/C36H75N2O6P/c1-6-8-10-12-14-16-17-18-19-20-22-23-25-27-29-35(39)34(33-44-45(41,42)43-32-31-38(3,4)5)37-36(40)30-28-26-24-21-15-13-11-9-7-2/h34-35,39H,6-33H2,1-5H3,(H-,37,40,41,42)/p+1/t34-,35+/m0/s1. The number of likely N-dealkylation sites (N-methyl/N-ethyl adjacent to an activating group) is 1. The lowest BCUT2D eigenvalue weighted by Gasteiger charge is -2.26. The number of carbonyl (C=O) groups excluding carboxylic acids is 1. The Labute approximate surface area is 279 Å². The summed E-state index contributed by atoms with van der Waals surface area (Å²) < 4.78 is 23.5. The molecule has 0 saturated carbocycles. The van der Waals surface area contributed by atoms with E-state index in [0.29, 0.717) is 23.9 Å². The van der Waals surface area contributed by atoms with Crippen LogP contribution in [-0.4, -0.2) is 73.4 Å². The topological polar surface area (TPSA) is 105 Å². The van der Waals surface area contributed by atoms with E-state index >= 15 is 0 Å². The molecule has 1 unspecified atom stereocenters. The summed E-state index contributed by atoms with van der Waals surface area (Å²) >= 11 is 0. The molecule has 0 aromatic rings. The molecule has 0 spiro atoms. The van der Waals surface area contributed by atoms with Gasteiger partial charge < -0.3 is 19.8 Å². The van der Waals surface area contributed by atoms with Crippen LogP contribution in [0.3, 0.4) is 0 Å². The van der Waals surface area contributed by atoms with E-state index < -0.39 is 20.0 Å². The molecule has 0 aliphatic heterocycles. The molecule has 0 saturated heterocycles. The van der Waals surface area contributed by atoms with E-state index in [1.807, 2.05) is 21.1 Å². The van der Waals surface area contributed by atoms with Crippen LogP contribution in [0.5, 0.6) is 0 Å². The number of rotatable bonds is 34. The Morgan fingerprint density at radius 3 is 1.49 bits per heavy atom. The van der Waals surface area contributed by atoms with E-state index in [1.54, 1.807) is 0 Å². The number of phosphoric ester groups is 1. The summed E-state index contributed by atoms with van der Waals surface area (Å²) in [6.07, 6.45) is 28.3. The number of hydrogen-bond donors (Lipinski definition) is 3. The zero-order valence-electron chi connectivity index (χ0n) is 30.4. The largest absolute Gasteiger partial charge is 0.472 e. The fraction of sp³-hybridized carbons (Fsp3) is 0.972. The first kappa shape index (κ1) is 44.5. The van der Waals surface area contributed by atoms with Gasteiger partial charge in [0.15, 0.2) is 0 Å². The predicted molar refractivity (Wildman–Crippen MR) is 189 cm³/mol. The van der Waals surface area contributed by atoms with E-state index in [2.05, 4.69) is 19.2 Å². The van der Waals surface area contributed by atoms with Crippen LogP contribution >= 0.6 is 7.82 Å². The van der Waals surface area contributed by atoms with Gasteiger partial charge in [0.2, 0.25) is 5.91 Å². The van der Waals surface area contributed by atoms with Crippen molar-refractivity contribution in [2.24, 2.45) is 0 Å². The van der Waals surface area contributed by atoms with Crippen molar-refractivity contribution in [3.63, 3.8) is 0 Å². The van der Waals surface area contributed by atoms with Crippen LogP contribution < -0.4 is 5.32 Å². The maximum atomic E-state index is 12.7. The lowest BCUT2D eigenvalue weighted by molar-refractivity contribution is -0.870. The molecular formula is C36H76N2O6P+. The summed E-state index contributed by atoms with van der Waals surface area (Å²) in [6.45, 7) is 4.85. The van der Waals surface area contributed by atoms with Gasteiger partial charge in [-0.1, -0.05) is 155 Å². The van der Waals surface area contributed by atoms with Gasteiger partial charge in [0, 0.05) is 6.42 Å². The Hall–Kier alpha value is -0.500. The number of carbonyl (C=O) groups is 1. The van der Waals surface area contributed by atoms with Crippen LogP contribution in [0.2, 0.25) is 0 Å². The molecule has 1 amide bonds. The third-order valence-corrected chi connectivity index (χ3v) is 9.59. The van der Waals surface area contributed by atoms with Crippen molar-refractivity contribution in [1.82, 2.24) is 5.32 Å². The molecule has 3 N–H and O–H groups in total. The Morgan fingerprint density at radius 2 is 1.07 bits per heavy atom.